The first-order valence-electron chi connectivity index (χ1n) is 8.79. The van der Waals surface area contributed by atoms with Crippen LogP contribution >= 0.6 is 0 Å². The van der Waals surface area contributed by atoms with Gasteiger partial charge in [-0.05, 0) is 37.0 Å². The van der Waals surface area contributed by atoms with Crippen LogP contribution in [0.4, 0.5) is 5.69 Å². The molecular weight excluding hydrogens is 296 g/mol. The summed E-state index contributed by atoms with van der Waals surface area (Å²) in [6.45, 7) is 3.42. The van der Waals surface area contributed by atoms with Gasteiger partial charge in [0.2, 0.25) is 0 Å². The fourth-order valence-electron chi connectivity index (χ4n) is 3.70. The fraction of sp³-hybridized carbons (Fsp3) is 0.350. The molecule has 2 N–H and O–H groups in total. The van der Waals surface area contributed by atoms with E-state index in [4.69, 9.17) is 5.73 Å². The number of benzene rings is 2. The number of likely N-dealkylation sites (tertiary alicyclic amines) is 1. The summed E-state index contributed by atoms with van der Waals surface area (Å²) in [5.74, 6) is 0. The molecule has 1 fully saturated rings. The maximum absolute atomic E-state index is 6.05. The lowest BCUT2D eigenvalue weighted by Crippen LogP contribution is -2.36. The number of hydrogen-bond acceptors (Lipinski definition) is 3. The van der Waals surface area contributed by atoms with E-state index in [9.17, 15) is 0 Å². The number of hydrogen-bond donors (Lipinski definition) is 1. The number of nitrogen functional groups attached to an aromatic ring is 1. The van der Waals surface area contributed by atoms with Gasteiger partial charge in [0.15, 0.2) is 0 Å². The highest BCUT2D eigenvalue weighted by Crippen LogP contribution is 2.28. The predicted molar refractivity (Wildman–Crippen MR) is 99.0 cm³/mol. The lowest BCUT2D eigenvalue weighted by Gasteiger charge is -2.32. The number of piperidine rings is 1. The molecule has 0 radical (unpaired) electrons. The summed E-state index contributed by atoms with van der Waals surface area (Å²) in [6, 6.07) is 17.3. The number of fused-ring (bicyclic) bond motifs is 1. The monoisotopic (exact) mass is 320 g/mol. The third kappa shape index (κ3) is 3.02. The summed E-state index contributed by atoms with van der Waals surface area (Å²) in [7, 11) is 0. The predicted octanol–water partition coefficient (Wildman–Crippen LogP) is 3.50. The molecule has 1 aromatic heterocycles. The van der Waals surface area contributed by atoms with Gasteiger partial charge < -0.3 is 10.6 Å². The Hall–Kier alpha value is -2.33. The van der Waals surface area contributed by atoms with Gasteiger partial charge in [0, 0.05) is 30.7 Å². The third-order valence-corrected chi connectivity index (χ3v) is 5.14. The first-order chi connectivity index (χ1) is 11.8. The zero-order chi connectivity index (χ0) is 16.4. The van der Waals surface area contributed by atoms with E-state index in [1.54, 1.807) is 0 Å². The van der Waals surface area contributed by atoms with Gasteiger partial charge in [0.25, 0.3) is 0 Å². The van der Waals surface area contributed by atoms with Crippen LogP contribution in [0.2, 0.25) is 0 Å². The van der Waals surface area contributed by atoms with Crippen molar-refractivity contribution in [1.29, 1.82) is 0 Å². The standard InChI is InChI=1S/C20H24N4/c21-19-7-4-8-20-18(19)15-22-24(20)17-10-13-23(14-11-17)12-9-16-5-2-1-3-6-16/h1-8,15,17H,9-14,21H2. The van der Waals surface area contributed by atoms with E-state index in [0.717, 1.165) is 55.5 Å². The van der Waals surface area contributed by atoms with Crippen molar-refractivity contribution in [3.63, 3.8) is 0 Å². The molecule has 0 saturated carbocycles. The molecule has 0 aliphatic carbocycles. The molecule has 1 aliphatic heterocycles. The van der Waals surface area contributed by atoms with Gasteiger partial charge in [-0.3, -0.25) is 4.68 Å². The Labute approximate surface area is 142 Å². The molecule has 3 aromatic rings. The Balaban J connectivity index is 1.38. The van der Waals surface area contributed by atoms with Gasteiger partial charge in [0.1, 0.15) is 0 Å². The van der Waals surface area contributed by atoms with Crippen LogP contribution in [0.1, 0.15) is 24.4 Å². The smallest absolute Gasteiger partial charge is 0.0706 e. The molecule has 2 aromatic carbocycles. The summed E-state index contributed by atoms with van der Waals surface area (Å²) in [6.07, 6.45) is 5.35. The van der Waals surface area contributed by atoms with Crippen LogP contribution in [0.25, 0.3) is 10.9 Å². The zero-order valence-corrected chi connectivity index (χ0v) is 13.9. The lowest BCUT2D eigenvalue weighted by molar-refractivity contribution is 0.184. The minimum Gasteiger partial charge on any atom is -0.398 e. The number of aromatic nitrogens is 2. The molecule has 0 atom stereocenters. The number of rotatable bonds is 4. The van der Waals surface area contributed by atoms with Crippen molar-refractivity contribution in [2.24, 2.45) is 0 Å². The highest BCUT2D eigenvalue weighted by atomic mass is 15.3. The van der Waals surface area contributed by atoms with E-state index in [1.807, 2.05) is 18.3 Å². The van der Waals surface area contributed by atoms with E-state index in [-0.39, 0.29) is 0 Å². The Kier molecular flexibility index (Phi) is 4.22. The van der Waals surface area contributed by atoms with E-state index >= 15 is 0 Å². The molecule has 0 bridgehead atoms. The second-order valence-corrected chi connectivity index (χ2v) is 6.68. The molecule has 2 heterocycles. The first-order valence-corrected chi connectivity index (χ1v) is 8.79. The summed E-state index contributed by atoms with van der Waals surface area (Å²) < 4.78 is 2.18. The van der Waals surface area contributed by atoms with E-state index in [2.05, 4.69) is 51.1 Å². The van der Waals surface area contributed by atoms with Crippen molar-refractivity contribution in [1.82, 2.24) is 14.7 Å². The van der Waals surface area contributed by atoms with Crippen LogP contribution < -0.4 is 5.73 Å². The van der Waals surface area contributed by atoms with E-state index < -0.39 is 0 Å². The molecule has 0 spiro atoms. The van der Waals surface area contributed by atoms with Crippen LogP contribution in [0.15, 0.2) is 54.7 Å². The Morgan fingerprint density at radius 1 is 1.00 bits per heavy atom. The van der Waals surface area contributed by atoms with Crippen LogP contribution in [0, 0.1) is 0 Å². The lowest BCUT2D eigenvalue weighted by atomic mass is 10.0. The minimum atomic E-state index is 0.484. The molecule has 24 heavy (non-hydrogen) atoms. The molecule has 0 unspecified atom stereocenters. The third-order valence-electron chi connectivity index (χ3n) is 5.14. The Bertz CT molecular complexity index is 801. The molecule has 4 nitrogen and oxygen atoms in total. The highest BCUT2D eigenvalue weighted by molar-refractivity contribution is 5.90. The van der Waals surface area contributed by atoms with Crippen molar-refractivity contribution in [3.05, 3.63) is 60.3 Å². The molecule has 1 saturated heterocycles. The topological polar surface area (TPSA) is 47.1 Å². The summed E-state index contributed by atoms with van der Waals surface area (Å²) >= 11 is 0. The Morgan fingerprint density at radius 2 is 1.79 bits per heavy atom. The summed E-state index contributed by atoms with van der Waals surface area (Å²) in [5, 5.41) is 5.69. The van der Waals surface area contributed by atoms with Crippen molar-refractivity contribution in [3.8, 4) is 0 Å². The number of nitrogens with two attached hydrogens (primary N) is 1. The van der Waals surface area contributed by atoms with Crippen molar-refractivity contribution >= 4 is 16.6 Å². The molecule has 4 heteroatoms. The first kappa shape index (κ1) is 15.2. The molecule has 4 rings (SSSR count). The normalized spacial score (nSPS) is 16.7. The van der Waals surface area contributed by atoms with Gasteiger partial charge in [-0.15, -0.1) is 0 Å². The van der Waals surface area contributed by atoms with E-state index in [0.29, 0.717) is 6.04 Å². The maximum Gasteiger partial charge on any atom is 0.0706 e. The van der Waals surface area contributed by atoms with E-state index in [1.165, 1.54) is 5.56 Å². The van der Waals surface area contributed by atoms with Crippen LogP contribution in [-0.4, -0.2) is 34.3 Å². The van der Waals surface area contributed by atoms with Crippen LogP contribution in [0.3, 0.4) is 0 Å². The van der Waals surface area contributed by atoms with Crippen molar-refractivity contribution < 1.29 is 0 Å². The van der Waals surface area contributed by atoms with Crippen LogP contribution in [-0.2, 0) is 6.42 Å². The molecule has 0 amide bonds. The molecule has 124 valence electrons. The SMILES string of the molecule is Nc1cccc2c1cnn2C1CCN(CCc2ccccc2)CC1. The second kappa shape index (κ2) is 6.65. The van der Waals surface area contributed by atoms with Crippen molar-refractivity contribution in [2.45, 2.75) is 25.3 Å². The van der Waals surface area contributed by atoms with Gasteiger partial charge in [0.05, 0.1) is 17.8 Å². The number of anilines is 1. The summed E-state index contributed by atoms with van der Waals surface area (Å²) in [5.41, 5.74) is 9.46. The van der Waals surface area contributed by atoms with Gasteiger partial charge >= 0.3 is 0 Å². The maximum atomic E-state index is 6.05. The molecule has 1 aliphatic rings. The quantitative estimate of drug-likeness (QED) is 0.749. The fourth-order valence-corrected chi connectivity index (χ4v) is 3.70. The highest BCUT2D eigenvalue weighted by Gasteiger charge is 2.22. The number of nitrogens with zero attached hydrogens (tertiary/aromatic N) is 3. The van der Waals surface area contributed by atoms with Crippen molar-refractivity contribution in [2.75, 3.05) is 25.4 Å². The Morgan fingerprint density at radius 3 is 2.58 bits per heavy atom. The average molecular weight is 320 g/mol. The van der Waals surface area contributed by atoms with Gasteiger partial charge in [-0.2, -0.15) is 5.10 Å². The summed E-state index contributed by atoms with van der Waals surface area (Å²) in [4.78, 5) is 2.57. The average Bonchev–Trinajstić information content (AvgIpc) is 3.07. The van der Waals surface area contributed by atoms with Gasteiger partial charge in [-0.25, -0.2) is 0 Å². The minimum absolute atomic E-state index is 0.484. The second-order valence-electron chi connectivity index (χ2n) is 6.68. The van der Waals surface area contributed by atoms with Crippen LogP contribution in [0.5, 0.6) is 0 Å². The largest absolute Gasteiger partial charge is 0.398 e. The molecular formula is C20H24N4. The van der Waals surface area contributed by atoms with Gasteiger partial charge in [-0.1, -0.05) is 36.4 Å². The zero-order valence-electron chi connectivity index (χ0n) is 13.9.